The number of phosphoric acid groups is 3. The van der Waals surface area contributed by atoms with Crippen LogP contribution in [0.1, 0.15) is 12.6 Å². The molecule has 0 amide bonds. The molecule has 2 rings (SSSR count). The Labute approximate surface area is 154 Å². The first-order chi connectivity index (χ1) is 12.7. The lowest BCUT2D eigenvalue weighted by atomic mass is 10.2. The number of nitrogens with zero attached hydrogens (tertiary/aromatic N) is 1. The summed E-state index contributed by atoms with van der Waals surface area (Å²) >= 11 is 0. The highest BCUT2D eigenvalue weighted by Gasteiger charge is 2.36. The summed E-state index contributed by atoms with van der Waals surface area (Å²) in [5.74, 6) is 0. The molecular formula is C9H11N2O14P3-4. The molecule has 2 N–H and O–H groups in total. The molecule has 1 fully saturated rings. The van der Waals surface area contributed by atoms with Crippen molar-refractivity contribution in [2.45, 2.75) is 24.9 Å². The van der Waals surface area contributed by atoms with Gasteiger partial charge in [0.2, 0.25) is 0 Å². The van der Waals surface area contributed by atoms with Gasteiger partial charge in [-0.1, -0.05) is 0 Å². The smallest absolute Gasteiger partial charge is 0.330 e. The number of rotatable bonds is 8. The number of aliphatic hydroxyl groups is 1. The van der Waals surface area contributed by atoms with Crippen LogP contribution in [0.25, 0.3) is 0 Å². The molecule has 0 saturated carbocycles. The van der Waals surface area contributed by atoms with Gasteiger partial charge in [-0.25, -0.2) is 9.11 Å². The predicted molar refractivity (Wildman–Crippen MR) is 76.8 cm³/mol. The summed E-state index contributed by atoms with van der Waals surface area (Å²) in [7, 11) is -18.0. The van der Waals surface area contributed by atoms with Gasteiger partial charge in [0.1, 0.15) is 12.3 Å². The highest BCUT2D eigenvalue weighted by molar-refractivity contribution is 7.64. The minimum absolute atomic E-state index is 0.220. The molecule has 0 radical (unpaired) electrons. The van der Waals surface area contributed by atoms with Gasteiger partial charge in [0.25, 0.3) is 21.2 Å². The average molecular weight is 464 g/mol. The third-order valence-electron chi connectivity index (χ3n) is 3.16. The van der Waals surface area contributed by atoms with Gasteiger partial charge in [0, 0.05) is 18.7 Å². The van der Waals surface area contributed by atoms with Crippen LogP contribution in [0.15, 0.2) is 21.9 Å². The van der Waals surface area contributed by atoms with Crippen LogP contribution < -0.4 is 30.8 Å². The van der Waals surface area contributed by atoms with Crippen LogP contribution in [0, 0.1) is 0 Å². The first-order valence-electron chi connectivity index (χ1n) is 7.04. The van der Waals surface area contributed by atoms with Crippen molar-refractivity contribution in [3.63, 3.8) is 0 Å². The molecule has 5 unspecified atom stereocenters. The molecule has 1 saturated heterocycles. The molecule has 2 heterocycles. The summed E-state index contributed by atoms with van der Waals surface area (Å²) in [6.45, 7) is -0.997. The normalized spacial score (nSPS) is 27.2. The van der Waals surface area contributed by atoms with Gasteiger partial charge in [-0.15, -0.1) is 0 Å². The summed E-state index contributed by atoms with van der Waals surface area (Å²) in [5.41, 5.74) is -1.55. The summed E-state index contributed by atoms with van der Waals surface area (Å²) in [5, 5.41) is 9.86. The van der Waals surface area contributed by atoms with Gasteiger partial charge in [-0.05, 0) is 0 Å². The van der Waals surface area contributed by atoms with E-state index in [0.29, 0.717) is 0 Å². The molecule has 19 heteroatoms. The van der Waals surface area contributed by atoms with Crippen molar-refractivity contribution in [2.75, 3.05) is 6.61 Å². The maximum Gasteiger partial charge on any atom is 0.330 e. The zero-order valence-electron chi connectivity index (χ0n) is 13.3. The van der Waals surface area contributed by atoms with Crippen LogP contribution in [-0.4, -0.2) is 33.5 Å². The van der Waals surface area contributed by atoms with E-state index in [-0.39, 0.29) is 6.42 Å². The molecule has 1 aromatic heterocycles. The molecule has 1 aliphatic rings. The summed E-state index contributed by atoms with van der Waals surface area (Å²) in [4.78, 5) is 67.6. The van der Waals surface area contributed by atoms with Crippen LogP contribution in [0.2, 0.25) is 0 Å². The molecule has 0 spiro atoms. The van der Waals surface area contributed by atoms with Gasteiger partial charge in [-0.3, -0.25) is 27.8 Å². The molecule has 0 aromatic carbocycles. The number of phosphoric ester groups is 1. The van der Waals surface area contributed by atoms with Crippen LogP contribution in [0.3, 0.4) is 0 Å². The Hall–Kier alpha value is -0.990. The topological polar surface area (TPSA) is 255 Å². The van der Waals surface area contributed by atoms with Crippen molar-refractivity contribution in [3.05, 3.63) is 33.1 Å². The molecular weight excluding hydrogens is 453 g/mol. The number of ether oxygens (including phenoxy) is 1. The Balaban J connectivity index is 1.99. The Morgan fingerprint density at radius 2 is 1.82 bits per heavy atom. The van der Waals surface area contributed by atoms with E-state index in [1.54, 1.807) is 0 Å². The number of aliphatic hydroxyl groups excluding tert-OH is 1. The molecule has 1 aromatic rings. The van der Waals surface area contributed by atoms with E-state index < -0.39 is 59.8 Å². The molecule has 16 nitrogen and oxygen atoms in total. The van der Waals surface area contributed by atoms with Crippen LogP contribution in [-0.2, 0) is 31.6 Å². The van der Waals surface area contributed by atoms with Crippen molar-refractivity contribution in [1.29, 1.82) is 0 Å². The second-order valence-electron chi connectivity index (χ2n) is 5.25. The highest BCUT2D eigenvalue weighted by Crippen LogP contribution is 2.60. The summed E-state index contributed by atoms with van der Waals surface area (Å²) < 4.78 is 49.4. The second kappa shape index (κ2) is 8.40. The van der Waals surface area contributed by atoms with Crippen molar-refractivity contribution < 1.29 is 56.3 Å². The van der Waals surface area contributed by atoms with E-state index in [9.17, 15) is 48.0 Å². The number of hydrogen-bond acceptors (Lipinski definition) is 14. The minimum atomic E-state index is -6.11. The number of H-pyrrole nitrogens is 1. The SMILES string of the molecule is O=c1ccn(C2CC(O)C(COP(=O)([O-])OP(=O)([O-])OP(=O)([O-])[O-])O2)c(=O)[nH]1. The predicted octanol–water partition coefficient (Wildman–Crippen LogP) is -4.00. The fourth-order valence-corrected chi connectivity index (χ4v) is 5.00. The summed E-state index contributed by atoms with van der Waals surface area (Å²) in [6, 6.07) is 0.997. The van der Waals surface area contributed by atoms with Gasteiger partial charge < -0.3 is 38.5 Å². The standard InChI is InChI=1S/C9H15N2O14P3/c12-5-3-8(11-2-1-7(13)10-9(11)14)23-6(5)4-22-27(18,19)25-28(20,21)24-26(15,16)17/h1-2,5-6,8,12H,3-4H2,(H,18,19)(H,20,21)(H,10,13,14)(H2,15,16,17)/p-4. The van der Waals surface area contributed by atoms with E-state index >= 15 is 0 Å². The van der Waals surface area contributed by atoms with Crippen LogP contribution in [0.4, 0.5) is 0 Å². The van der Waals surface area contributed by atoms with E-state index in [2.05, 4.69) is 13.1 Å². The third kappa shape index (κ3) is 6.81. The number of aromatic nitrogens is 2. The Morgan fingerprint density at radius 1 is 1.18 bits per heavy atom. The Morgan fingerprint density at radius 3 is 2.39 bits per heavy atom. The monoisotopic (exact) mass is 464 g/mol. The molecule has 0 bridgehead atoms. The van der Waals surface area contributed by atoms with Crippen LogP contribution >= 0.6 is 23.5 Å². The first-order valence-corrected chi connectivity index (χ1v) is 11.4. The lowest BCUT2D eigenvalue weighted by Gasteiger charge is -2.37. The average Bonchev–Trinajstić information content (AvgIpc) is 2.82. The zero-order valence-corrected chi connectivity index (χ0v) is 16.0. The quantitative estimate of drug-likeness (QED) is 0.348. The van der Waals surface area contributed by atoms with Crippen LogP contribution in [0.5, 0.6) is 0 Å². The zero-order chi connectivity index (χ0) is 21.3. The fourth-order valence-electron chi connectivity index (χ4n) is 2.14. The summed E-state index contributed by atoms with van der Waals surface area (Å²) in [6.07, 6.45) is -3.02. The maximum atomic E-state index is 11.7. The first kappa shape index (κ1) is 23.3. The number of aromatic amines is 1. The van der Waals surface area contributed by atoms with Gasteiger partial charge in [0.15, 0.2) is 0 Å². The lowest BCUT2D eigenvalue weighted by molar-refractivity contribution is -0.339. The highest BCUT2D eigenvalue weighted by atomic mass is 31.3. The molecule has 160 valence electrons. The van der Waals surface area contributed by atoms with Crippen molar-refractivity contribution in [1.82, 2.24) is 9.55 Å². The van der Waals surface area contributed by atoms with Gasteiger partial charge >= 0.3 is 5.69 Å². The Kier molecular flexibility index (Phi) is 6.99. The fraction of sp³-hybridized carbons (Fsp3) is 0.556. The van der Waals surface area contributed by atoms with E-state index in [4.69, 9.17) is 4.74 Å². The number of nitrogens with one attached hydrogen (secondary N) is 1. The second-order valence-corrected chi connectivity index (χ2v) is 9.50. The van der Waals surface area contributed by atoms with Gasteiger partial charge in [-0.2, -0.15) is 0 Å². The minimum Gasteiger partial charge on any atom is -0.790 e. The molecule has 28 heavy (non-hydrogen) atoms. The number of hydrogen-bond donors (Lipinski definition) is 2. The molecule has 1 aliphatic heterocycles. The molecule has 0 aliphatic carbocycles. The largest absolute Gasteiger partial charge is 0.790 e. The van der Waals surface area contributed by atoms with Gasteiger partial charge in [0.05, 0.1) is 20.5 Å². The van der Waals surface area contributed by atoms with E-state index in [0.717, 1.165) is 16.8 Å². The third-order valence-corrected chi connectivity index (χ3v) is 6.83. The molecule has 5 atom stereocenters. The Bertz CT molecular complexity index is 965. The van der Waals surface area contributed by atoms with Crippen molar-refractivity contribution in [3.8, 4) is 0 Å². The maximum absolute atomic E-state index is 11.7. The van der Waals surface area contributed by atoms with Crippen molar-refractivity contribution in [2.24, 2.45) is 0 Å². The van der Waals surface area contributed by atoms with E-state index in [1.807, 2.05) is 4.98 Å². The lowest BCUT2D eigenvalue weighted by Crippen LogP contribution is -2.32. The van der Waals surface area contributed by atoms with Crippen molar-refractivity contribution >= 4 is 23.5 Å². The van der Waals surface area contributed by atoms with E-state index in [1.165, 1.54) is 0 Å².